The Bertz CT molecular complexity index is 368. The van der Waals surface area contributed by atoms with Crippen LogP contribution in [0, 0.1) is 40.4 Å². The van der Waals surface area contributed by atoms with Gasteiger partial charge in [0.1, 0.15) is 0 Å². The molecule has 2 rings (SSSR count). The van der Waals surface area contributed by atoms with Crippen molar-refractivity contribution in [1.29, 1.82) is 10.5 Å². The summed E-state index contributed by atoms with van der Waals surface area (Å²) in [4.78, 5) is 10.8. The number of hydrogen-bond donors (Lipinski definition) is 1. The summed E-state index contributed by atoms with van der Waals surface area (Å²) < 4.78 is 5.27. The number of fused-ring (bicyclic) bond motifs is 1. The molecule has 1 saturated carbocycles. The minimum atomic E-state index is -1.23. The van der Waals surface area contributed by atoms with E-state index < -0.39 is 17.8 Å². The lowest BCUT2D eigenvalue weighted by Gasteiger charge is -2.18. The zero-order valence-electron chi connectivity index (χ0n) is 7.96. The minimum absolute atomic E-state index is 0.0184. The van der Waals surface area contributed by atoms with Gasteiger partial charge in [-0.2, -0.15) is 10.5 Å². The fraction of sp³-hybridized carbons (Fsp3) is 0.700. The Hall–Kier alpha value is -1.59. The Morgan fingerprint density at radius 2 is 2.13 bits per heavy atom. The highest BCUT2D eigenvalue weighted by atomic mass is 16.6. The van der Waals surface area contributed by atoms with E-state index in [-0.39, 0.29) is 18.1 Å². The standard InChI is InChI=1S/C10H10N2O3/c11-3-6(7(4-12)10(13)14)5-1-2-8-9(5)15-8/h5-9H,1-2H2,(H,13,14). The van der Waals surface area contributed by atoms with E-state index in [2.05, 4.69) is 0 Å². The summed E-state index contributed by atoms with van der Waals surface area (Å²) in [5.74, 6) is -3.28. The summed E-state index contributed by atoms with van der Waals surface area (Å²) in [6.07, 6.45) is 1.90. The molecule has 0 amide bonds. The lowest BCUT2D eigenvalue weighted by Crippen LogP contribution is -2.29. The summed E-state index contributed by atoms with van der Waals surface area (Å²) in [7, 11) is 0. The predicted molar refractivity (Wildman–Crippen MR) is 47.2 cm³/mol. The van der Waals surface area contributed by atoms with E-state index in [4.69, 9.17) is 20.4 Å². The molecule has 0 aromatic carbocycles. The van der Waals surface area contributed by atoms with Crippen LogP contribution in [-0.2, 0) is 9.53 Å². The topological polar surface area (TPSA) is 97.4 Å². The third-order valence-corrected chi connectivity index (χ3v) is 3.20. The number of rotatable bonds is 3. The Balaban J connectivity index is 2.13. The van der Waals surface area contributed by atoms with Crippen LogP contribution in [0.5, 0.6) is 0 Å². The van der Waals surface area contributed by atoms with Gasteiger partial charge in [0.15, 0.2) is 5.92 Å². The van der Waals surface area contributed by atoms with E-state index in [1.807, 2.05) is 6.07 Å². The molecule has 0 spiro atoms. The maximum absolute atomic E-state index is 10.8. The van der Waals surface area contributed by atoms with E-state index >= 15 is 0 Å². The summed E-state index contributed by atoms with van der Waals surface area (Å²) in [6.45, 7) is 0. The molecule has 1 N–H and O–H groups in total. The molecular formula is C10H10N2O3. The van der Waals surface area contributed by atoms with Crippen molar-refractivity contribution in [2.24, 2.45) is 17.8 Å². The number of nitrogens with zero attached hydrogens (tertiary/aromatic N) is 2. The van der Waals surface area contributed by atoms with Gasteiger partial charge in [-0.15, -0.1) is 0 Å². The Kier molecular flexibility index (Phi) is 2.34. The van der Waals surface area contributed by atoms with Crippen molar-refractivity contribution in [1.82, 2.24) is 0 Å². The Morgan fingerprint density at radius 1 is 1.40 bits per heavy atom. The highest BCUT2D eigenvalue weighted by molar-refractivity contribution is 5.73. The molecule has 15 heavy (non-hydrogen) atoms. The molecular weight excluding hydrogens is 196 g/mol. The molecule has 0 bridgehead atoms. The van der Waals surface area contributed by atoms with E-state index in [9.17, 15) is 4.79 Å². The van der Waals surface area contributed by atoms with Crippen LogP contribution >= 0.6 is 0 Å². The van der Waals surface area contributed by atoms with Crippen LogP contribution in [0.4, 0.5) is 0 Å². The first-order valence-electron chi connectivity index (χ1n) is 4.86. The second-order valence-electron chi connectivity index (χ2n) is 3.98. The molecule has 1 heterocycles. The number of nitriles is 2. The van der Waals surface area contributed by atoms with Crippen LogP contribution in [0.3, 0.4) is 0 Å². The summed E-state index contributed by atoms with van der Waals surface area (Å²) in [5.41, 5.74) is 0. The molecule has 5 atom stereocenters. The molecule has 5 unspecified atom stereocenters. The van der Waals surface area contributed by atoms with Crippen LogP contribution in [0.1, 0.15) is 12.8 Å². The van der Waals surface area contributed by atoms with Crippen molar-refractivity contribution in [3.05, 3.63) is 0 Å². The third kappa shape index (κ3) is 1.55. The monoisotopic (exact) mass is 206 g/mol. The van der Waals surface area contributed by atoms with E-state index in [0.29, 0.717) is 0 Å². The Morgan fingerprint density at radius 3 is 2.47 bits per heavy atom. The normalized spacial score (nSPS) is 35.7. The number of carboxylic acids is 1. The zero-order chi connectivity index (χ0) is 11.0. The molecule has 0 aromatic heterocycles. The summed E-state index contributed by atoms with van der Waals surface area (Å²) >= 11 is 0. The number of epoxide rings is 1. The molecule has 78 valence electrons. The average molecular weight is 206 g/mol. The van der Waals surface area contributed by atoms with Gasteiger partial charge in [0, 0.05) is 5.92 Å². The SMILES string of the molecule is N#CC(C(=O)O)C(C#N)C1CCC2OC21. The van der Waals surface area contributed by atoms with Crippen LogP contribution in [0.2, 0.25) is 0 Å². The van der Waals surface area contributed by atoms with Crippen molar-refractivity contribution < 1.29 is 14.6 Å². The number of ether oxygens (including phenoxy) is 1. The second-order valence-corrected chi connectivity index (χ2v) is 3.98. The van der Waals surface area contributed by atoms with Crippen LogP contribution in [0.15, 0.2) is 0 Å². The van der Waals surface area contributed by atoms with Crippen molar-refractivity contribution in [3.8, 4) is 12.1 Å². The van der Waals surface area contributed by atoms with Crippen molar-refractivity contribution in [3.63, 3.8) is 0 Å². The molecule has 2 fully saturated rings. The molecule has 5 nitrogen and oxygen atoms in total. The number of carboxylic acid groups (broad SMARTS) is 1. The van der Waals surface area contributed by atoms with Gasteiger partial charge in [0.25, 0.3) is 0 Å². The molecule has 0 radical (unpaired) electrons. The van der Waals surface area contributed by atoms with Gasteiger partial charge in [0.05, 0.1) is 30.3 Å². The fourth-order valence-corrected chi connectivity index (χ4v) is 2.38. The van der Waals surface area contributed by atoms with Crippen LogP contribution < -0.4 is 0 Å². The van der Waals surface area contributed by atoms with Gasteiger partial charge in [-0.05, 0) is 12.8 Å². The smallest absolute Gasteiger partial charge is 0.322 e. The van der Waals surface area contributed by atoms with Crippen molar-refractivity contribution in [2.75, 3.05) is 0 Å². The molecule has 1 saturated heterocycles. The minimum Gasteiger partial charge on any atom is -0.480 e. The Labute approximate surface area is 86.9 Å². The van der Waals surface area contributed by atoms with Crippen LogP contribution in [-0.4, -0.2) is 23.3 Å². The van der Waals surface area contributed by atoms with Gasteiger partial charge >= 0.3 is 5.97 Å². The highest BCUT2D eigenvalue weighted by Crippen LogP contribution is 2.47. The quantitative estimate of drug-likeness (QED) is 0.679. The van der Waals surface area contributed by atoms with Gasteiger partial charge in [-0.3, -0.25) is 4.79 Å². The summed E-state index contributed by atoms with van der Waals surface area (Å²) in [6, 6.07) is 3.64. The van der Waals surface area contributed by atoms with Crippen LogP contribution in [0.25, 0.3) is 0 Å². The fourth-order valence-electron chi connectivity index (χ4n) is 2.38. The first-order chi connectivity index (χ1) is 7.19. The lowest BCUT2D eigenvalue weighted by molar-refractivity contribution is -0.141. The lowest BCUT2D eigenvalue weighted by atomic mass is 9.82. The average Bonchev–Trinajstić information content (AvgIpc) is 2.88. The van der Waals surface area contributed by atoms with E-state index in [1.54, 1.807) is 6.07 Å². The molecule has 2 aliphatic rings. The van der Waals surface area contributed by atoms with Gasteiger partial charge in [-0.25, -0.2) is 0 Å². The van der Waals surface area contributed by atoms with E-state index in [0.717, 1.165) is 12.8 Å². The first kappa shape index (κ1) is 9.95. The van der Waals surface area contributed by atoms with Gasteiger partial charge in [-0.1, -0.05) is 0 Å². The van der Waals surface area contributed by atoms with Crippen molar-refractivity contribution in [2.45, 2.75) is 25.0 Å². The third-order valence-electron chi connectivity index (χ3n) is 3.20. The molecule has 0 aromatic rings. The van der Waals surface area contributed by atoms with Gasteiger partial charge < -0.3 is 9.84 Å². The molecule has 5 heteroatoms. The number of aliphatic carboxylic acids is 1. The highest BCUT2D eigenvalue weighted by Gasteiger charge is 2.55. The number of carbonyl (C=O) groups is 1. The van der Waals surface area contributed by atoms with E-state index in [1.165, 1.54) is 0 Å². The maximum atomic E-state index is 10.8. The first-order valence-corrected chi connectivity index (χ1v) is 4.86. The maximum Gasteiger partial charge on any atom is 0.322 e. The molecule has 1 aliphatic carbocycles. The van der Waals surface area contributed by atoms with Crippen molar-refractivity contribution >= 4 is 5.97 Å². The molecule has 1 aliphatic heterocycles. The van der Waals surface area contributed by atoms with Gasteiger partial charge in [0.2, 0.25) is 0 Å². The second kappa shape index (κ2) is 3.52. The summed E-state index contributed by atoms with van der Waals surface area (Å²) in [5, 5.41) is 26.5. The number of hydrogen-bond acceptors (Lipinski definition) is 4. The predicted octanol–water partition coefficient (Wildman–Crippen LogP) is 0.528. The largest absolute Gasteiger partial charge is 0.480 e. The zero-order valence-corrected chi connectivity index (χ0v) is 7.96.